The predicted molar refractivity (Wildman–Crippen MR) is 111 cm³/mol. The van der Waals surface area contributed by atoms with Crippen molar-refractivity contribution in [2.75, 3.05) is 24.5 Å². The smallest absolute Gasteiger partial charge is 0.223 e. The molecule has 0 radical (unpaired) electrons. The Labute approximate surface area is 167 Å². The van der Waals surface area contributed by atoms with Crippen LogP contribution in [0.5, 0.6) is 0 Å². The Balaban J connectivity index is 1.13. The van der Waals surface area contributed by atoms with Gasteiger partial charge in [-0.1, -0.05) is 18.2 Å². The van der Waals surface area contributed by atoms with Crippen LogP contribution >= 0.6 is 0 Å². The molecule has 0 spiro atoms. The second-order valence-corrected chi connectivity index (χ2v) is 7.49. The molecule has 1 amide bonds. The van der Waals surface area contributed by atoms with Crippen molar-refractivity contribution in [3.63, 3.8) is 0 Å². The highest BCUT2D eigenvalue weighted by Crippen LogP contribution is 2.22. The molecule has 3 aromatic heterocycles. The number of benzene rings is 1. The van der Waals surface area contributed by atoms with Crippen molar-refractivity contribution in [1.82, 2.24) is 30.1 Å². The van der Waals surface area contributed by atoms with E-state index in [4.69, 9.17) is 0 Å². The van der Waals surface area contributed by atoms with E-state index < -0.39 is 0 Å². The molecule has 4 heterocycles. The van der Waals surface area contributed by atoms with Crippen molar-refractivity contribution in [2.45, 2.75) is 19.3 Å². The first-order chi connectivity index (χ1) is 14.3. The third-order valence-electron chi connectivity index (χ3n) is 5.71. The molecule has 8 heteroatoms. The monoisotopic (exact) mass is 389 g/mol. The lowest BCUT2D eigenvalue weighted by atomic mass is 9.96. The van der Waals surface area contributed by atoms with Crippen LogP contribution < -0.4 is 10.2 Å². The van der Waals surface area contributed by atoms with Crippen LogP contribution in [0.15, 0.2) is 48.9 Å². The number of carbonyl (C=O) groups excluding carboxylic acids is 1. The molecule has 1 aliphatic heterocycles. The van der Waals surface area contributed by atoms with Gasteiger partial charge in [0.2, 0.25) is 5.91 Å². The Morgan fingerprint density at radius 3 is 2.93 bits per heavy atom. The molecule has 0 atom stereocenters. The zero-order chi connectivity index (χ0) is 19.6. The van der Waals surface area contributed by atoms with Gasteiger partial charge in [-0.15, -0.1) is 15.3 Å². The number of rotatable bonds is 5. The van der Waals surface area contributed by atoms with Gasteiger partial charge in [0, 0.05) is 42.7 Å². The van der Waals surface area contributed by atoms with Crippen molar-refractivity contribution in [3.8, 4) is 0 Å². The molecule has 2 N–H and O–H groups in total. The highest BCUT2D eigenvalue weighted by molar-refractivity contribution is 5.83. The molecule has 1 aromatic carbocycles. The fraction of sp³-hybridized carbons (Fsp3) is 0.333. The van der Waals surface area contributed by atoms with Gasteiger partial charge in [0.15, 0.2) is 5.65 Å². The van der Waals surface area contributed by atoms with Gasteiger partial charge >= 0.3 is 0 Å². The third-order valence-corrected chi connectivity index (χ3v) is 5.71. The van der Waals surface area contributed by atoms with E-state index in [1.54, 1.807) is 10.8 Å². The number of carbonyl (C=O) groups is 1. The molecule has 148 valence electrons. The second kappa shape index (κ2) is 7.54. The van der Waals surface area contributed by atoms with E-state index >= 15 is 0 Å². The molecule has 5 rings (SSSR count). The fourth-order valence-electron chi connectivity index (χ4n) is 4.06. The Morgan fingerprint density at radius 2 is 2.03 bits per heavy atom. The van der Waals surface area contributed by atoms with Crippen LogP contribution in [0.25, 0.3) is 16.6 Å². The number of H-pyrrole nitrogens is 1. The van der Waals surface area contributed by atoms with E-state index in [-0.39, 0.29) is 11.8 Å². The normalized spacial score (nSPS) is 15.2. The van der Waals surface area contributed by atoms with Crippen molar-refractivity contribution in [1.29, 1.82) is 0 Å². The molecule has 8 nitrogen and oxygen atoms in total. The minimum Gasteiger partial charge on any atom is -0.361 e. The summed E-state index contributed by atoms with van der Waals surface area (Å²) in [7, 11) is 0. The topological polar surface area (TPSA) is 91.2 Å². The highest BCUT2D eigenvalue weighted by Gasteiger charge is 2.25. The maximum atomic E-state index is 12.6. The maximum Gasteiger partial charge on any atom is 0.223 e. The van der Waals surface area contributed by atoms with Gasteiger partial charge in [-0.3, -0.25) is 4.79 Å². The van der Waals surface area contributed by atoms with Gasteiger partial charge in [-0.25, -0.2) is 0 Å². The van der Waals surface area contributed by atoms with Crippen molar-refractivity contribution in [2.24, 2.45) is 5.92 Å². The summed E-state index contributed by atoms with van der Waals surface area (Å²) in [5.41, 5.74) is 3.11. The fourth-order valence-corrected chi connectivity index (χ4v) is 4.06. The van der Waals surface area contributed by atoms with E-state index in [1.165, 1.54) is 10.9 Å². The standard InChI is InChI=1S/C21H23N7O/c29-21(22-10-7-16-13-23-18-4-2-1-3-17(16)18)15-8-11-27(12-9-15)20-6-5-19-25-24-14-28(19)26-20/h1-6,13-15,23H,7-12H2,(H,22,29). The maximum absolute atomic E-state index is 12.6. The molecule has 0 bridgehead atoms. The Hall–Kier alpha value is -3.42. The lowest BCUT2D eigenvalue weighted by molar-refractivity contribution is -0.125. The summed E-state index contributed by atoms with van der Waals surface area (Å²) < 4.78 is 1.68. The molecule has 1 fully saturated rings. The van der Waals surface area contributed by atoms with Crippen LogP contribution in [0.2, 0.25) is 0 Å². The zero-order valence-electron chi connectivity index (χ0n) is 16.1. The van der Waals surface area contributed by atoms with Gasteiger partial charge in [0.05, 0.1) is 0 Å². The molecule has 0 unspecified atom stereocenters. The van der Waals surface area contributed by atoms with E-state index in [1.807, 2.05) is 30.5 Å². The van der Waals surface area contributed by atoms with Crippen LogP contribution in [0.4, 0.5) is 5.82 Å². The predicted octanol–water partition coefficient (Wildman–Crippen LogP) is 2.18. The first-order valence-corrected chi connectivity index (χ1v) is 10.0. The lowest BCUT2D eigenvalue weighted by Crippen LogP contribution is -2.41. The van der Waals surface area contributed by atoms with Gasteiger partial charge in [-0.2, -0.15) is 4.52 Å². The summed E-state index contributed by atoms with van der Waals surface area (Å²) in [6, 6.07) is 12.1. The van der Waals surface area contributed by atoms with E-state index in [9.17, 15) is 4.79 Å². The molecule has 0 saturated carbocycles. The quantitative estimate of drug-likeness (QED) is 0.546. The number of para-hydroxylation sites is 1. The number of aromatic nitrogens is 5. The van der Waals surface area contributed by atoms with Crippen LogP contribution in [0.1, 0.15) is 18.4 Å². The first-order valence-electron chi connectivity index (χ1n) is 10.0. The molecule has 0 aliphatic carbocycles. The Kier molecular flexibility index (Phi) is 4.59. The second-order valence-electron chi connectivity index (χ2n) is 7.49. The van der Waals surface area contributed by atoms with Crippen LogP contribution in [-0.4, -0.2) is 50.3 Å². The summed E-state index contributed by atoms with van der Waals surface area (Å²) in [4.78, 5) is 18.1. The number of amides is 1. The number of hydrogen-bond donors (Lipinski definition) is 2. The number of fused-ring (bicyclic) bond motifs is 2. The zero-order valence-corrected chi connectivity index (χ0v) is 16.1. The summed E-state index contributed by atoms with van der Waals surface area (Å²) in [5, 5.41) is 16.7. The van der Waals surface area contributed by atoms with E-state index in [2.05, 4.69) is 42.6 Å². The van der Waals surface area contributed by atoms with E-state index in [0.29, 0.717) is 6.54 Å². The van der Waals surface area contributed by atoms with Gasteiger partial charge < -0.3 is 15.2 Å². The lowest BCUT2D eigenvalue weighted by Gasteiger charge is -2.32. The van der Waals surface area contributed by atoms with E-state index in [0.717, 1.165) is 49.3 Å². The number of nitrogens with zero attached hydrogens (tertiary/aromatic N) is 5. The number of hydrogen-bond acceptors (Lipinski definition) is 5. The molecular weight excluding hydrogens is 366 g/mol. The number of anilines is 1. The summed E-state index contributed by atoms with van der Waals surface area (Å²) >= 11 is 0. The van der Waals surface area contributed by atoms with Crippen molar-refractivity contribution in [3.05, 3.63) is 54.5 Å². The summed E-state index contributed by atoms with van der Waals surface area (Å²) in [5.74, 6) is 1.12. The number of aromatic amines is 1. The number of nitrogens with one attached hydrogen (secondary N) is 2. The molecular formula is C21H23N7O. The molecule has 1 aliphatic rings. The SMILES string of the molecule is O=C(NCCc1c[nH]c2ccccc12)C1CCN(c2ccc3nncn3n2)CC1. The van der Waals surface area contributed by atoms with Crippen molar-refractivity contribution >= 4 is 28.3 Å². The summed E-state index contributed by atoms with van der Waals surface area (Å²) in [6.45, 7) is 2.30. The van der Waals surface area contributed by atoms with Crippen LogP contribution in [-0.2, 0) is 11.2 Å². The average molecular weight is 389 g/mol. The molecule has 4 aromatic rings. The van der Waals surface area contributed by atoms with Gasteiger partial charge in [0.25, 0.3) is 0 Å². The minimum absolute atomic E-state index is 0.0628. The largest absolute Gasteiger partial charge is 0.361 e. The van der Waals surface area contributed by atoms with Crippen molar-refractivity contribution < 1.29 is 4.79 Å². The minimum atomic E-state index is 0.0628. The highest BCUT2D eigenvalue weighted by atomic mass is 16.1. The molecule has 29 heavy (non-hydrogen) atoms. The van der Waals surface area contributed by atoms with Gasteiger partial charge in [0.1, 0.15) is 12.1 Å². The van der Waals surface area contributed by atoms with Gasteiger partial charge in [-0.05, 0) is 43.0 Å². The summed E-state index contributed by atoms with van der Waals surface area (Å²) in [6.07, 6.45) is 6.14. The molecule has 1 saturated heterocycles. The Bertz CT molecular complexity index is 1140. The first kappa shape index (κ1) is 17.7. The number of piperidine rings is 1. The Morgan fingerprint density at radius 1 is 1.17 bits per heavy atom. The third kappa shape index (κ3) is 3.53. The average Bonchev–Trinajstić information content (AvgIpc) is 3.40. The van der Waals surface area contributed by atoms with Crippen LogP contribution in [0.3, 0.4) is 0 Å². The van der Waals surface area contributed by atoms with Crippen LogP contribution in [0, 0.1) is 5.92 Å².